The molecule has 5 heteroatoms. The van der Waals surface area contributed by atoms with Crippen molar-refractivity contribution in [2.24, 2.45) is 0 Å². The van der Waals surface area contributed by atoms with E-state index in [0.717, 1.165) is 19.5 Å². The van der Waals surface area contributed by atoms with E-state index in [1.165, 1.54) is 33.0 Å². The molecule has 0 bridgehead atoms. The topological polar surface area (TPSA) is 6.48 Å². The standard InChI is InChI=1S/C23H29N2.2ClH.Ti/c1-23(2,3)24-15-22-19-11-7-6-9-17(19)13-14-21(22)20-12-8-10-18(20)16-25(4)5;;;/h6-11,13-14H,12,15-16H2,1-5H3;2*1H;/q-1;;;+3/p-2. The molecule has 2 nitrogen and oxygen atoms in total. The first-order valence-electron chi connectivity index (χ1n) is 9.30. The van der Waals surface area contributed by atoms with Gasteiger partial charge in [0.25, 0.3) is 0 Å². The van der Waals surface area contributed by atoms with Gasteiger partial charge >= 0.3 is 170 Å². The summed E-state index contributed by atoms with van der Waals surface area (Å²) in [5.74, 6) is 0. The van der Waals surface area contributed by atoms with Crippen molar-refractivity contribution in [3.63, 3.8) is 0 Å². The average Bonchev–Trinajstić information content (AvgIpc) is 3.01. The van der Waals surface area contributed by atoms with Crippen LogP contribution >= 0.6 is 0 Å². The summed E-state index contributed by atoms with van der Waals surface area (Å²) in [6, 6.07) is 13.4. The normalized spacial score (nSPS) is 14.0. The van der Waals surface area contributed by atoms with Crippen molar-refractivity contribution < 1.29 is 45.5 Å². The van der Waals surface area contributed by atoms with Gasteiger partial charge in [-0.2, -0.15) is 0 Å². The van der Waals surface area contributed by atoms with Crippen molar-refractivity contribution in [3.8, 4) is 0 Å². The summed E-state index contributed by atoms with van der Waals surface area (Å²) in [6.07, 6.45) is 5.65. The Morgan fingerprint density at radius 2 is 1.64 bits per heavy atom. The van der Waals surface area contributed by atoms with Gasteiger partial charge in [0.1, 0.15) is 0 Å². The van der Waals surface area contributed by atoms with Gasteiger partial charge in [-0.05, 0) is 0 Å². The Morgan fingerprint density at radius 1 is 0.964 bits per heavy atom. The Kier molecular flexibility index (Phi) is 9.47. The van der Waals surface area contributed by atoms with Gasteiger partial charge < -0.3 is 24.8 Å². The van der Waals surface area contributed by atoms with Crippen LogP contribution in [0.3, 0.4) is 0 Å². The fourth-order valence-electron chi connectivity index (χ4n) is 3.51. The summed E-state index contributed by atoms with van der Waals surface area (Å²) < 4.78 is 2.45. The molecule has 0 saturated carbocycles. The van der Waals surface area contributed by atoms with Crippen LogP contribution in [0.25, 0.3) is 16.3 Å². The zero-order valence-corrected chi connectivity index (χ0v) is 20.5. The van der Waals surface area contributed by atoms with Crippen molar-refractivity contribution in [1.29, 1.82) is 0 Å². The van der Waals surface area contributed by atoms with Crippen molar-refractivity contribution >= 4 is 16.3 Å². The summed E-state index contributed by atoms with van der Waals surface area (Å²) >= 11 is 2.23. The van der Waals surface area contributed by atoms with Crippen LogP contribution in [-0.4, -0.2) is 34.5 Å². The Hall–Kier alpha value is -0.606. The third-order valence-corrected chi connectivity index (χ3v) is 6.30. The van der Waals surface area contributed by atoms with Crippen LogP contribution in [-0.2, 0) is 27.2 Å². The predicted octanol–water partition coefficient (Wildman–Crippen LogP) is -0.815. The van der Waals surface area contributed by atoms with Gasteiger partial charge in [0, 0.05) is 0 Å². The van der Waals surface area contributed by atoms with Crippen LogP contribution in [0, 0.1) is 0 Å². The number of halogens is 2. The summed E-state index contributed by atoms with van der Waals surface area (Å²) in [4.78, 5) is 2.26. The van der Waals surface area contributed by atoms with Gasteiger partial charge in [-0.1, -0.05) is 0 Å². The summed E-state index contributed by atoms with van der Waals surface area (Å²) in [5.41, 5.74) is 5.95. The SMILES string of the molecule is CN(C)CC1=C(c2ccc3ccccc3c2C[N]([Ti+2])C(C)(C)C)CC=C1.[Cl-].[Cl-]. The first-order chi connectivity index (χ1) is 12.3. The number of rotatable bonds is 5. The molecule has 0 saturated heterocycles. The first kappa shape index (κ1) is 25.4. The summed E-state index contributed by atoms with van der Waals surface area (Å²) in [6.45, 7) is 8.80. The number of fused-ring (bicyclic) bond motifs is 1. The number of nitrogens with zero attached hydrogens (tertiary/aromatic N) is 2. The van der Waals surface area contributed by atoms with Gasteiger partial charge in [0.2, 0.25) is 0 Å². The van der Waals surface area contributed by atoms with Crippen LogP contribution < -0.4 is 24.8 Å². The fourth-order valence-corrected chi connectivity index (χ4v) is 3.75. The smallest absolute Gasteiger partial charge is 1.00 e. The molecule has 28 heavy (non-hydrogen) atoms. The maximum Gasteiger partial charge on any atom is -1.00 e. The molecule has 0 aromatic heterocycles. The van der Waals surface area contributed by atoms with Crippen LogP contribution in [0.4, 0.5) is 0 Å². The molecule has 0 spiro atoms. The van der Waals surface area contributed by atoms with E-state index < -0.39 is 0 Å². The monoisotopic (exact) mass is 451 g/mol. The van der Waals surface area contributed by atoms with E-state index in [0.29, 0.717) is 0 Å². The molecule has 0 fully saturated rings. The number of hydrogen-bond donors (Lipinski definition) is 0. The largest absolute Gasteiger partial charge is 1.00 e. The number of likely N-dealkylation sites (N-methyl/N-ethyl adjacent to an activating group) is 1. The molecule has 0 amide bonds. The van der Waals surface area contributed by atoms with Gasteiger partial charge in [0.05, 0.1) is 0 Å². The number of allylic oxidation sites excluding steroid dienone is 2. The van der Waals surface area contributed by atoms with Crippen LogP contribution in [0.15, 0.2) is 54.1 Å². The van der Waals surface area contributed by atoms with E-state index in [9.17, 15) is 0 Å². The molecule has 0 atom stereocenters. The van der Waals surface area contributed by atoms with E-state index in [4.69, 9.17) is 0 Å². The molecule has 149 valence electrons. The molecule has 0 unspecified atom stereocenters. The second-order valence-corrected chi connectivity index (χ2v) is 9.26. The van der Waals surface area contributed by atoms with Crippen LogP contribution in [0.5, 0.6) is 0 Å². The molecular weight excluding hydrogens is 423 g/mol. The van der Waals surface area contributed by atoms with Gasteiger partial charge in [-0.25, -0.2) is 0 Å². The molecule has 0 heterocycles. The maximum absolute atomic E-state index is 2.45. The first-order valence-corrected chi connectivity index (χ1v) is 10.0. The minimum atomic E-state index is 0. The minimum Gasteiger partial charge on any atom is -1.00 e. The van der Waals surface area contributed by atoms with Crippen LogP contribution in [0.2, 0.25) is 0 Å². The molecule has 0 N–H and O–H groups in total. The predicted molar refractivity (Wildman–Crippen MR) is 108 cm³/mol. The second kappa shape index (κ2) is 10.4. The molecule has 1 aliphatic rings. The van der Waals surface area contributed by atoms with E-state index in [-0.39, 0.29) is 30.4 Å². The van der Waals surface area contributed by atoms with Gasteiger partial charge in [-0.3, -0.25) is 0 Å². The maximum atomic E-state index is 2.45. The van der Waals surface area contributed by atoms with Crippen LogP contribution in [0.1, 0.15) is 38.3 Å². The van der Waals surface area contributed by atoms with Crippen molar-refractivity contribution in [2.75, 3.05) is 20.6 Å². The molecular formula is C23H29Cl2N2Ti. The Balaban J connectivity index is 0.00000196. The third kappa shape index (κ3) is 5.72. The van der Waals surface area contributed by atoms with E-state index in [1.807, 2.05) is 0 Å². The molecule has 2 aromatic carbocycles. The second-order valence-electron chi connectivity index (χ2n) is 8.42. The fraction of sp³-hybridized carbons (Fsp3) is 0.391. The van der Waals surface area contributed by atoms with Crippen molar-refractivity contribution in [3.05, 3.63) is 65.3 Å². The van der Waals surface area contributed by atoms with Crippen molar-refractivity contribution in [2.45, 2.75) is 39.3 Å². The zero-order valence-electron chi connectivity index (χ0n) is 17.4. The van der Waals surface area contributed by atoms with Crippen molar-refractivity contribution in [1.82, 2.24) is 8.28 Å². The Labute approximate surface area is 194 Å². The minimum absolute atomic E-state index is 0. The molecule has 1 aliphatic carbocycles. The van der Waals surface area contributed by atoms with E-state index >= 15 is 0 Å². The summed E-state index contributed by atoms with van der Waals surface area (Å²) in [7, 11) is 4.29. The Bertz CT molecular complexity index is 867. The molecule has 0 aliphatic heterocycles. The molecule has 2 aromatic rings. The quantitative estimate of drug-likeness (QED) is 0.548. The summed E-state index contributed by atoms with van der Waals surface area (Å²) in [5, 5.41) is 2.71. The van der Waals surface area contributed by atoms with Gasteiger partial charge in [-0.15, -0.1) is 0 Å². The van der Waals surface area contributed by atoms with E-state index in [2.05, 4.69) is 112 Å². The van der Waals surface area contributed by atoms with Gasteiger partial charge in [0.15, 0.2) is 0 Å². The average molecular weight is 452 g/mol. The Morgan fingerprint density at radius 3 is 2.29 bits per heavy atom. The molecule has 0 radical (unpaired) electrons. The number of benzene rings is 2. The zero-order chi connectivity index (χ0) is 18.9. The number of hydrogen-bond acceptors (Lipinski definition) is 2. The van der Waals surface area contributed by atoms with E-state index in [1.54, 1.807) is 0 Å². The molecule has 3 rings (SSSR count). The third-order valence-electron chi connectivity index (χ3n) is 5.01.